The van der Waals surface area contributed by atoms with Gasteiger partial charge in [-0.3, -0.25) is 24.5 Å². The van der Waals surface area contributed by atoms with Crippen LogP contribution in [-0.4, -0.2) is 28.5 Å². The number of rotatable bonds is 7. The molecule has 0 spiro atoms. The SMILES string of the molecule is O=C(O[C@H](C(=O)c1ccccc1)c1ccc([N+](=O)[O-])cc1)c1ccc(N2C(=O)c3ccccc3C2=O)cc1. The van der Waals surface area contributed by atoms with Gasteiger partial charge in [-0.2, -0.15) is 0 Å². The molecule has 0 aromatic heterocycles. The van der Waals surface area contributed by atoms with Crippen molar-refractivity contribution in [2.24, 2.45) is 0 Å². The lowest BCUT2D eigenvalue weighted by atomic mass is 9.99. The Morgan fingerprint density at radius 3 is 1.82 bits per heavy atom. The van der Waals surface area contributed by atoms with Gasteiger partial charge in [-0.15, -0.1) is 0 Å². The van der Waals surface area contributed by atoms with Crippen LogP contribution in [0.4, 0.5) is 11.4 Å². The van der Waals surface area contributed by atoms with Crippen LogP contribution in [0.25, 0.3) is 0 Å². The molecule has 1 aliphatic heterocycles. The Bertz CT molecular complexity index is 1540. The van der Waals surface area contributed by atoms with Crippen LogP contribution in [0.15, 0.2) is 103 Å². The number of hydrogen-bond donors (Lipinski definition) is 0. The Balaban J connectivity index is 1.40. The molecule has 38 heavy (non-hydrogen) atoms. The molecule has 5 rings (SSSR count). The molecule has 1 heterocycles. The number of fused-ring (bicyclic) bond motifs is 1. The van der Waals surface area contributed by atoms with Crippen LogP contribution in [0.1, 0.15) is 53.1 Å². The number of nitro groups is 1. The van der Waals surface area contributed by atoms with E-state index in [1.54, 1.807) is 54.6 Å². The number of Topliss-reactive ketones (excluding diaryl/α,β-unsaturated/α-hetero) is 1. The van der Waals surface area contributed by atoms with Gasteiger partial charge in [0.1, 0.15) is 0 Å². The highest BCUT2D eigenvalue weighted by molar-refractivity contribution is 6.34. The number of amides is 2. The Morgan fingerprint density at radius 1 is 0.711 bits per heavy atom. The molecule has 4 aromatic rings. The van der Waals surface area contributed by atoms with E-state index >= 15 is 0 Å². The fraction of sp³-hybridized carbons (Fsp3) is 0.0345. The van der Waals surface area contributed by atoms with Crippen LogP contribution in [0.2, 0.25) is 0 Å². The zero-order valence-corrected chi connectivity index (χ0v) is 19.6. The molecule has 0 N–H and O–H groups in total. The van der Waals surface area contributed by atoms with Gasteiger partial charge < -0.3 is 4.74 Å². The number of ether oxygens (including phenoxy) is 1. The molecular weight excluding hydrogens is 488 g/mol. The number of benzene rings is 4. The summed E-state index contributed by atoms with van der Waals surface area (Å²) in [5.41, 5.74) is 1.34. The molecule has 9 heteroatoms. The summed E-state index contributed by atoms with van der Waals surface area (Å²) in [6.07, 6.45) is -1.36. The van der Waals surface area contributed by atoms with Crippen LogP contribution >= 0.6 is 0 Å². The smallest absolute Gasteiger partial charge is 0.339 e. The molecule has 1 aliphatic rings. The molecule has 1 atom stereocenters. The molecule has 0 aliphatic carbocycles. The second kappa shape index (κ2) is 9.90. The number of imide groups is 1. The highest BCUT2D eigenvalue weighted by Gasteiger charge is 2.36. The van der Waals surface area contributed by atoms with Crippen LogP contribution in [0.5, 0.6) is 0 Å². The summed E-state index contributed by atoms with van der Waals surface area (Å²) in [5.74, 6) is -2.26. The average Bonchev–Trinajstić information content (AvgIpc) is 3.21. The fourth-order valence-electron chi connectivity index (χ4n) is 4.14. The first-order valence-electron chi connectivity index (χ1n) is 11.5. The summed E-state index contributed by atoms with van der Waals surface area (Å²) in [7, 11) is 0. The molecule has 9 nitrogen and oxygen atoms in total. The number of nitrogens with zero attached hydrogens (tertiary/aromatic N) is 2. The van der Waals surface area contributed by atoms with Gasteiger partial charge >= 0.3 is 5.97 Å². The second-order valence-electron chi connectivity index (χ2n) is 8.40. The molecule has 0 radical (unpaired) electrons. The predicted octanol–water partition coefficient (Wildman–Crippen LogP) is 5.18. The summed E-state index contributed by atoms with van der Waals surface area (Å²) >= 11 is 0. The zero-order chi connectivity index (χ0) is 26.8. The molecule has 0 fully saturated rings. The second-order valence-corrected chi connectivity index (χ2v) is 8.40. The van der Waals surface area contributed by atoms with Crippen LogP contribution < -0.4 is 4.90 Å². The number of ketones is 1. The van der Waals surface area contributed by atoms with Gasteiger partial charge in [0.05, 0.1) is 27.3 Å². The first-order valence-corrected chi connectivity index (χ1v) is 11.5. The van der Waals surface area contributed by atoms with Crippen molar-refractivity contribution in [3.63, 3.8) is 0 Å². The minimum absolute atomic E-state index is 0.0816. The normalized spacial score (nSPS) is 13.1. The first-order chi connectivity index (χ1) is 18.3. The number of non-ortho nitro benzene ring substituents is 1. The standard InChI is InChI=1S/C29H18N2O7/c32-25(18-6-2-1-3-7-18)26(19-10-16-22(17-11-19)31(36)37)38-29(35)20-12-14-21(15-13-20)30-27(33)23-8-4-5-9-24(23)28(30)34/h1-17,26H/t26-/m0/s1. The van der Waals surface area contributed by atoms with E-state index in [2.05, 4.69) is 0 Å². The van der Waals surface area contributed by atoms with Crippen molar-refractivity contribution in [3.8, 4) is 0 Å². The van der Waals surface area contributed by atoms with E-state index in [-0.39, 0.29) is 22.5 Å². The third kappa shape index (κ3) is 4.44. The number of carbonyl (C=O) groups is 4. The van der Waals surface area contributed by atoms with Crippen molar-refractivity contribution >= 4 is 34.9 Å². The van der Waals surface area contributed by atoms with Crippen molar-refractivity contribution in [2.45, 2.75) is 6.10 Å². The van der Waals surface area contributed by atoms with E-state index in [4.69, 9.17) is 4.74 Å². The summed E-state index contributed by atoms with van der Waals surface area (Å²) in [6.45, 7) is 0. The monoisotopic (exact) mass is 506 g/mol. The minimum atomic E-state index is -1.36. The molecule has 4 aromatic carbocycles. The van der Waals surface area contributed by atoms with Gasteiger partial charge in [0, 0.05) is 23.3 Å². The van der Waals surface area contributed by atoms with Gasteiger partial charge in [0.25, 0.3) is 17.5 Å². The molecule has 0 unspecified atom stereocenters. The molecular formula is C29H18N2O7. The maximum Gasteiger partial charge on any atom is 0.339 e. The van der Waals surface area contributed by atoms with E-state index in [0.717, 1.165) is 4.90 Å². The van der Waals surface area contributed by atoms with Crippen LogP contribution in [0.3, 0.4) is 0 Å². The zero-order valence-electron chi connectivity index (χ0n) is 19.6. The Morgan fingerprint density at radius 2 is 1.26 bits per heavy atom. The minimum Gasteiger partial charge on any atom is -0.445 e. The van der Waals surface area contributed by atoms with Gasteiger partial charge in [0.15, 0.2) is 6.10 Å². The largest absolute Gasteiger partial charge is 0.445 e. The quantitative estimate of drug-likeness (QED) is 0.111. The number of hydrogen-bond acceptors (Lipinski definition) is 7. The summed E-state index contributed by atoms with van der Waals surface area (Å²) in [6, 6.07) is 25.6. The van der Waals surface area contributed by atoms with Crippen LogP contribution in [-0.2, 0) is 4.74 Å². The Kier molecular flexibility index (Phi) is 6.32. The van der Waals surface area contributed by atoms with Gasteiger partial charge in [-0.25, -0.2) is 9.69 Å². The van der Waals surface area contributed by atoms with E-state index in [1.807, 2.05) is 0 Å². The number of anilines is 1. The molecule has 0 saturated carbocycles. The van der Waals surface area contributed by atoms with Crippen molar-refractivity contribution in [3.05, 3.63) is 141 Å². The van der Waals surface area contributed by atoms with E-state index in [9.17, 15) is 29.3 Å². The van der Waals surface area contributed by atoms with Crippen molar-refractivity contribution in [2.75, 3.05) is 4.90 Å². The first kappa shape index (κ1) is 24.3. The maximum atomic E-state index is 13.2. The third-order valence-electron chi connectivity index (χ3n) is 6.08. The van der Waals surface area contributed by atoms with Crippen molar-refractivity contribution in [1.82, 2.24) is 0 Å². The topological polar surface area (TPSA) is 124 Å². The molecule has 0 bridgehead atoms. The Hall–Kier alpha value is -5.44. The number of esters is 1. The summed E-state index contributed by atoms with van der Waals surface area (Å²) in [4.78, 5) is 63.3. The number of nitro benzene ring substituents is 1. The van der Waals surface area contributed by atoms with Crippen molar-refractivity contribution in [1.29, 1.82) is 0 Å². The highest BCUT2D eigenvalue weighted by Crippen LogP contribution is 2.30. The van der Waals surface area contributed by atoms with Crippen LogP contribution in [0, 0.1) is 10.1 Å². The number of carbonyl (C=O) groups excluding carboxylic acids is 4. The Labute approximate surface area is 216 Å². The van der Waals surface area contributed by atoms with E-state index in [0.29, 0.717) is 16.7 Å². The third-order valence-corrected chi connectivity index (χ3v) is 6.08. The molecule has 0 saturated heterocycles. The van der Waals surface area contributed by atoms with Gasteiger partial charge in [0.2, 0.25) is 5.78 Å². The lowest BCUT2D eigenvalue weighted by molar-refractivity contribution is -0.384. The lowest BCUT2D eigenvalue weighted by Gasteiger charge is -2.18. The van der Waals surface area contributed by atoms with Gasteiger partial charge in [-0.05, 0) is 48.5 Å². The average molecular weight is 506 g/mol. The van der Waals surface area contributed by atoms with E-state index < -0.39 is 34.6 Å². The van der Waals surface area contributed by atoms with Crippen molar-refractivity contribution < 1.29 is 28.8 Å². The molecule has 186 valence electrons. The fourth-order valence-corrected chi connectivity index (χ4v) is 4.14. The molecule has 2 amide bonds. The maximum absolute atomic E-state index is 13.2. The lowest BCUT2D eigenvalue weighted by Crippen LogP contribution is -2.29. The van der Waals surface area contributed by atoms with E-state index in [1.165, 1.54) is 48.5 Å². The summed E-state index contributed by atoms with van der Waals surface area (Å²) < 4.78 is 5.59. The predicted molar refractivity (Wildman–Crippen MR) is 136 cm³/mol. The van der Waals surface area contributed by atoms with Gasteiger partial charge in [-0.1, -0.05) is 42.5 Å². The highest BCUT2D eigenvalue weighted by atomic mass is 16.6. The summed E-state index contributed by atoms with van der Waals surface area (Å²) in [5, 5.41) is 11.0.